The average Bonchev–Trinajstić information content (AvgIpc) is 3.03. The Morgan fingerprint density at radius 3 is 2.74 bits per heavy atom. The fourth-order valence-electron chi connectivity index (χ4n) is 4.49. The molecule has 3 heterocycles. The zero-order chi connectivity index (χ0) is 24.9. The van der Waals surface area contributed by atoms with E-state index in [1.807, 2.05) is 12.1 Å². The molecule has 35 heavy (non-hydrogen) atoms. The molecule has 11 heteroatoms. The minimum absolute atomic E-state index is 0.163. The first-order valence-corrected chi connectivity index (χ1v) is 13.2. The zero-order valence-corrected chi connectivity index (χ0v) is 22.5. The third kappa shape index (κ3) is 5.95. The average molecular weight is 608 g/mol. The highest BCUT2D eigenvalue weighted by molar-refractivity contribution is 14.1. The largest absolute Gasteiger partial charge is 0.384 e. The van der Waals surface area contributed by atoms with Crippen LogP contribution in [0.2, 0.25) is 0 Å². The van der Waals surface area contributed by atoms with Crippen molar-refractivity contribution >= 4 is 74.3 Å². The van der Waals surface area contributed by atoms with E-state index < -0.39 is 6.04 Å². The van der Waals surface area contributed by atoms with Gasteiger partial charge in [0.2, 0.25) is 0 Å². The highest BCUT2D eigenvalue weighted by Crippen LogP contribution is 2.29. The van der Waals surface area contributed by atoms with E-state index in [-0.39, 0.29) is 11.9 Å². The zero-order valence-electron chi connectivity index (χ0n) is 19.5. The summed E-state index contributed by atoms with van der Waals surface area (Å²) >= 11 is 7.65. The van der Waals surface area contributed by atoms with Gasteiger partial charge in [-0.3, -0.25) is 9.69 Å². The third-order valence-electron chi connectivity index (χ3n) is 6.31. The number of thiocarbonyl (C=S) groups is 1. The molecule has 2 aromatic rings. The van der Waals surface area contributed by atoms with Crippen LogP contribution in [0.3, 0.4) is 0 Å². The summed E-state index contributed by atoms with van der Waals surface area (Å²) in [6.45, 7) is 7.13. The van der Waals surface area contributed by atoms with Crippen LogP contribution < -0.4 is 21.3 Å². The summed E-state index contributed by atoms with van der Waals surface area (Å²) in [4.78, 5) is 36.2. The Labute approximate surface area is 224 Å². The molecule has 0 bridgehead atoms. The monoisotopic (exact) mass is 607 g/mol. The van der Waals surface area contributed by atoms with Crippen LogP contribution in [-0.2, 0) is 4.79 Å². The molecule has 1 atom stereocenters. The van der Waals surface area contributed by atoms with Crippen molar-refractivity contribution < 1.29 is 9.59 Å². The summed E-state index contributed by atoms with van der Waals surface area (Å²) in [7, 11) is 0. The number of carbonyl (C=O) groups excluding carboxylic acids is 2. The summed E-state index contributed by atoms with van der Waals surface area (Å²) in [5.74, 6) is 0.316. The third-order valence-corrected chi connectivity index (χ3v) is 7.34. The number of urea groups is 1. The number of benzene rings is 1. The predicted octanol–water partition coefficient (Wildman–Crippen LogP) is 2.69. The van der Waals surface area contributed by atoms with Crippen LogP contribution in [0, 0.1) is 3.57 Å². The van der Waals surface area contributed by atoms with Gasteiger partial charge in [0.1, 0.15) is 11.9 Å². The van der Waals surface area contributed by atoms with Gasteiger partial charge in [-0.1, -0.05) is 6.08 Å². The van der Waals surface area contributed by atoms with Crippen molar-refractivity contribution in [2.75, 3.05) is 49.9 Å². The van der Waals surface area contributed by atoms with Crippen LogP contribution in [0.1, 0.15) is 19.3 Å². The molecule has 3 amide bonds. The molecule has 2 saturated heterocycles. The Morgan fingerprint density at radius 1 is 1.23 bits per heavy atom. The van der Waals surface area contributed by atoms with Gasteiger partial charge < -0.3 is 26.2 Å². The number of nitrogen functional groups attached to an aromatic ring is 1. The number of nitrogens with two attached hydrogens (primary N) is 1. The number of anilines is 2. The van der Waals surface area contributed by atoms with Gasteiger partial charge in [0.05, 0.1) is 5.52 Å². The van der Waals surface area contributed by atoms with Gasteiger partial charge in [-0.05, 0) is 72.3 Å². The maximum absolute atomic E-state index is 13.1. The van der Waals surface area contributed by atoms with Crippen LogP contribution in [0.5, 0.6) is 0 Å². The van der Waals surface area contributed by atoms with Gasteiger partial charge in [-0.2, -0.15) is 0 Å². The number of carbonyl (C=O) groups is 2. The lowest BCUT2D eigenvalue weighted by molar-refractivity contribution is -0.128. The van der Waals surface area contributed by atoms with Crippen LogP contribution in [0.25, 0.3) is 10.9 Å². The fourth-order valence-corrected chi connectivity index (χ4v) is 5.23. The van der Waals surface area contributed by atoms with E-state index in [0.29, 0.717) is 56.6 Å². The molecular formula is C24H30IN7O2S. The van der Waals surface area contributed by atoms with Crippen molar-refractivity contribution in [1.29, 1.82) is 0 Å². The minimum atomic E-state index is -0.585. The molecule has 4 N–H and O–H groups in total. The number of likely N-dealkylation sites (tertiary alicyclic amines) is 1. The number of fused-ring (bicyclic) bond motifs is 1. The first-order chi connectivity index (χ1) is 16.9. The molecule has 2 fully saturated rings. The highest BCUT2D eigenvalue weighted by atomic mass is 127. The maximum atomic E-state index is 13.1. The van der Waals surface area contributed by atoms with Crippen molar-refractivity contribution in [1.82, 2.24) is 25.4 Å². The van der Waals surface area contributed by atoms with Crippen LogP contribution in [0.4, 0.5) is 16.3 Å². The van der Waals surface area contributed by atoms with Crippen molar-refractivity contribution in [3.63, 3.8) is 0 Å². The fraction of sp³-hybridized carbons (Fsp3) is 0.417. The Bertz CT molecular complexity index is 1130. The van der Waals surface area contributed by atoms with Crippen LogP contribution in [-0.4, -0.2) is 77.1 Å². The maximum Gasteiger partial charge on any atom is 0.318 e. The second-order valence-corrected chi connectivity index (χ2v) is 10.3. The SMILES string of the molecule is C=CCNC(=S)N1CCCCC(NC(=O)N2CCN(c3cc(N)nc4cc(I)ccc34)CC2)C1=O. The van der Waals surface area contributed by atoms with E-state index in [2.05, 4.69) is 61.8 Å². The Balaban J connectivity index is 1.39. The van der Waals surface area contributed by atoms with Gasteiger partial charge >= 0.3 is 6.03 Å². The van der Waals surface area contributed by atoms with E-state index in [9.17, 15) is 9.59 Å². The molecule has 1 unspecified atom stereocenters. The number of hydrogen-bond donors (Lipinski definition) is 3. The minimum Gasteiger partial charge on any atom is -0.384 e. The van der Waals surface area contributed by atoms with Crippen LogP contribution >= 0.6 is 34.8 Å². The molecule has 1 aromatic carbocycles. The molecule has 2 aliphatic rings. The quantitative estimate of drug-likeness (QED) is 0.279. The standard InChI is InChI=1S/C24H30IN7O2S/c1-2-8-27-24(35)32-9-4-3-5-18(22(32)33)29-23(34)31-12-10-30(11-13-31)20-15-21(26)28-19-14-16(25)6-7-17(19)20/h2,6-7,14-15,18H,1,3-5,8-13H2,(H2,26,28)(H,27,35)(H,29,34). The first-order valence-electron chi connectivity index (χ1n) is 11.7. The van der Waals surface area contributed by atoms with E-state index >= 15 is 0 Å². The molecule has 0 spiro atoms. The molecule has 9 nitrogen and oxygen atoms in total. The van der Waals surface area contributed by atoms with Gasteiger partial charge in [-0.15, -0.1) is 6.58 Å². The molecule has 0 aliphatic carbocycles. The summed E-state index contributed by atoms with van der Waals surface area (Å²) in [5.41, 5.74) is 7.97. The van der Waals surface area contributed by atoms with Gasteiger partial charge in [0.15, 0.2) is 5.11 Å². The lowest BCUT2D eigenvalue weighted by atomic mass is 10.1. The van der Waals surface area contributed by atoms with E-state index in [1.165, 1.54) is 0 Å². The number of pyridine rings is 1. The summed E-state index contributed by atoms with van der Waals surface area (Å²) < 4.78 is 1.10. The van der Waals surface area contributed by atoms with Crippen molar-refractivity contribution in [2.45, 2.75) is 25.3 Å². The number of nitrogens with zero attached hydrogens (tertiary/aromatic N) is 4. The van der Waals surface area contributed by atoms with Crippen molar-refractivity contribution in [2.24, 2.45) is 0 Å². The lowest BCUT2D eigenvalue weighted by Gasteiger charge is -2.37. The number of amides is 3. The number of rotatable bonds is 4. The topological polar surface area (TPSA) is 107 Å². The summed E-state index contributed by atoms with van der Waals surface area (Å²) in [5, 5.41) is 7.39. The molecule has 4 rings (SSSR count). The Hall–Kier alpha value is -2.67. The van der Waals surface area contributed by atoms with E-state index in [0.717, 1.165) is 33.0 Å². The second-order valence-electron chi connectivity index (χ2n) is 8.66. The lowest BCUT2D eigenvalue weighted by Crippen LogP contribution is -2.57. The van der Waals surface area contributed by atoms with Crippen molar-refractivity contribution in [3.8, 4) is 0 Å². The Kier molecular flexibility index (Phi) is 8.26. The molecule has 0 radical (unpaired) electrons. The number of piperazine rings is 1. The van der Waals surface area contributed by atoms with Crippen molar-refractivity contribution in [3.05, 3.63) is 40.5 Å². The smallest absolute Gasteiger partial charge is 0.318 e. The molecule has 1 aromatic heterocycles. The first kappa shape index (κ1) is 25.4. The Morgan fingerprint density at radius 2 is 2.00 bits per heavy atom. The number of nitrogens with one attached hydrogen (secondary N) is 2. The van der Waals surface area contributed by atoms with E-state index in [4.69, 9.17) is 18.0 Å². The summed E-state index contributed by atoms with van der Waals surface area (Å²) in [6, 6.07) is 7.23. The second kappa shape index (κ2) is 11.4. The molecule has 2 aliphatic heterocycles. The molecule has 0 saturated carbocycles. The van der Waals surface area contributed by atoms with Gasteiger partial charge in [-0.25, -0.2) is 9.78 Å². The molecular weight excluding hydrogens is 577 g/mol. The summed E-state index contributed by atoms with van der Waals surface area (Å²) in [6.07, 6.45) is 3.98. The normalized spacial score (nSPS) is 18.8. The van der Waals surface area contributed by atoms with E-state index in [1.54, 1.807) is 15.9 Å². The van der Waals surface area contributed by atoms with Gasteiger partial charge in [0.25, 0.3) is 5.91 Å². The number of hydrogen-bond acceptors (Lipinski definition) is 6. The van der Waals surface area contributed by atoms with Crippen LogP contribution in [0.15, 0.2) is 36.9 Å². The number of halogens is 1. The predicted molar refractivity (Wildman–Crippen MR) is 151 cm³/mol. The highest BCUT2D eigenvalue weighted by Gasteiger charge is 2.32. The van der Waals surface area contributed by atoms with Gasteiger partial charge in [0, 0.05) is 60.0 Å². The number of aromatic nitrogens is 1. The molecule has 186 valence electrons.